The molecule has 0 aliphatic carbocycles. The molecule has 46 heavy (non-hydrogen) atoms. The van der Waals surface area contributed by atoms with Crippen molar-refractivity contribution in [3.8, 4) is 11.5 Å². The predicted molar refractivity (Wildman–Crippen MR) is 182 cm³/mol. The molecule has 6 rings (SSSR count). The van der Waals surface area contributed by atoms with Gasteiger partial charge in [0, 0.05) is 39.8 Å². The molecule has 0 saturated carbocycles. The summed E-state index contributed by atoms with van der Waals surface area (Å²) in [6.07, 6.45) is 5.24. The first-order chi connectivity index (χ1) is 22.4. The fourth-order valence-corrected chi connectivity index (χ4v) is 7.15. The van der Waals surface area contributed by atoms with Crippen LogP contribution in [0.4, 0.5) is 0 Å². The predicted octanol–water partition coefficient (Wildman–Crippen LogP) is 6.25. The van der Waals surface area contributed by atoms with Gasteiger partial charge in [-0.15, -0.1) is 0 Å². The van der Waals surface area contributed by atoms with Crippen molar-refractivity contribution in [1.29, 1.82) is 0 Å². The van der Waals surface area contributed by atoms with E-state index in [2.05, 4.69) is 10.6 Å². The highest BCUT2D eigenvalue weighted by molar-refractivity contribution is 7.07. The van der Waals surface area contributed by atoms with Gasteiger partial charge in [-0.3, -0.25) is 9.36 Å². The number of thiazole rings is 1. The van der Waals surface area contributed by atoms with Gasteiger partial charge >= 0.3 is 5.97 Å². The van der Waals surface area contributed by atoms with Gasteiger partial charge in [-0.2, -0.15) is 0 Å². The summed E-state index contributed by atoms with van der Waals surface area (Å²) in [5, 5.41) is 1.70. The van der Waals surface area contributed by atoms with Crippen molar-refractivity contribution < 1.29 is 19.0 Å². The Labute approximate surface area is 275 Å². The van der Waals surface area contributed by atoms with Crippen molar-refractivity contribution in [2.75, 3.05) is 20.8 Å². The molecule has 0 bridgehead atoms. The molecular formula is C36H34ClN3O5S. The summed E-state index contributed by atoms with van der Waals surface area (Å²) in [5.41, 5.74) is 4.18. The lowest BCUT2D eigenvalue weighted by molar-refractivity contribution is -0.139. The van der Waals surface area contributed by atoms with E-state index in [-0.39, 0.29) is 12.2 Å². The number of esters is 1. The van der Waals surface area contributed by atoms with Crippen LogP contribution < -0.4 is 24.4 Å². The van der Waals surface area contributed by atoms with Crippen LogP contribution in [-0.4, -0.2) is 35.9 Å². The van der Waals surface area contributed by atoms with Gasteiger partial charge < -0.3 is 18.8 Å². The molecule has 1 atom stereocenters. The molecule has 236 valence electrons. The maximum atomic E-state index is 14.4. The molecule has 0 unspecified atom stereocenters. The number of allylic oxidation sites excluding steroid dienone is 1. The number of para-hydroxylation sites is 1. The van der Waals surface area contributed by atoms with Crippen molar-refractivity contribution >= 4 is 45.9 Å². The first-order valence-electron chi connectivity index (χ1n) is 15.1. The number of methoxy groups -OCH3 is 2. The average Bonchev–Trinajstić information content (AvgIpc) is 3.57. The fraction of sp³-hybridized carbons (Fsp3) is 0.250. The molecule has 0 radical (unpaired) electrons. The van der Waals surface area contributed by atoms with Gasteiger partial charge in [0.2, 0.25) is 0 Å². The Morgan fingerprint density at radius 1 is 1.04 bits per heavy atom. The number of hydrogen-bond donors (Lipinski definition) is 0. The monoisotopic (exact) mass is 655 g/mol. The first kappa shape index (κ1) is 31.4. The highest BCUT2D eigenvalue weighted by Gasteiger charge is 2.36. The Hall–Kier alpha value is -4.60. The van der Waals surface area contributed by atoms with E-state index in [0.29, 0.717) is 55.7 Å². The SMILES string of the molecule is CCCC1=C(C(=O)OCC)[C@H](c2cc(OC)ccc2OC)n2c(s/c(=C\c3cn(Cc4ccccc4Cl)c4ccccc34)c2=O)=N1. The summed E-state index contributed by atoms with van der Waals surface area (Å²) in [6.45, 7) is 4.55. The van der Waals surface area contributed by atoms with E-state index in [1.165, 1.54) is 11.3 Å². The zero-order chi connectivity index (χ0) is 32.4. The van der Waals surface area contributed by atoms with Crippen molar-refractivity contribution in [2.24, 2.45) is 4.99 Å². The average molecular weight is 656 g/mol. The topological polar surface area (TPSA) is 84.0 Å². The smallest absolute Gasteiger partial charge is 0.338 e. The summed E-state index contributed by atoms with van der Waals surface area (Å²) < 4.78 is 21.1. The zero-order valence-electron chi connectivity index (χ0n) is 26.1. The lowest BCUT2D eigenvalue weighted by atomic mass is 9.93. The Balaban J connectivity index is 1.58. The third kappa shape index (κ3) is 5.76. The summed E-state index contributed by atoms with van der Waals surface area (Å²) in [4.78, 5) is 33.5. The van der Waals surface area contributed by atoms with Gasteiger partial charge in [0.25, 0.3) is 5.56 Å². The number of hydrogen-bond acceptors (Lipinski definition) is 7. The van der Waals surface area contributed by atoms with E-state index < -0.39 is 12.0 Å². The van der Waals surface area contributed by atoms with Crippen molar-refractivity contribution in [1.82, 2.24) is 9.13 Å². The Bertz CT molecular complexity index is 2160. The molecule has 1 aliphatic rings. The highest BCUT2D eigenvalue weighted by atomic mass is 35.5. The van der Waals surface area contributed by atoms with Gasteiger partial charge in [-0.25, -0.2) is 9.79 Å². The summed E-state index contributed by atoms with van der Waals surface area (Å²) in [5.74, 6) is 0.575. The number of nitrogens with zero attached hydrogens (tertiary/aromatic N) is 3. The number of ether oxygens (including phenoxy) is 3. The number of fused-ring (bicyclic) bond motifs is 2. The van der Waals surface area contributed by atoms with Crippen molar-refractivity contribution in [2.45, 2.75) is 39.3 Å². The van der Waals surface area contributed by atoms with Crippen LogP contribution in [0, 0.1) is 0 Å². The van der Waals surface area contributed by atoms with Crippen LogP contribution in [0.1, 0.15) is 49.4 Å². The van der Waals surface area contributed by atoms with Gasteiger partial charge in [0.15, 0.2) is 4.80 Å². The fourth-order valence-electron chi connectivity index (χ4n) is 5.94. The van der Waals surface area contributed by atoms with E-state index >= 15 is 0 Å². The molecule has 8 nitrogen and oxygen atoms in total. The highest BCUT2D eigenvalue weighted by Crippen LogP contribution is 2.39. The molecule has 10 heteroatoms. The van der Waals surface area contributed by atoms with E-state index in [1.54, 1.807) is 43.9 Å². The molecule has 2 aromatic heterocycles. The van der Waals surface area contributed by atoms with Crippen LogP contribution >= 0.6 is 22.9 Å². The lowest BCUT2D eigenvalue weighted by Gasteiger charge is -2.27. The van der Waals surface area contributed by atoms with Crippen molar-refractivity contribution in [3.05, 3.63) is 126 Å². The second-order valence-electron chi connectivity index (χ2n) is 10.8. The molecule has 0 saturated heterocycles. The van der Waals surface area contributed by atoms with E-state index in [4.69, 9.17) is 30.8 Å². The largest absolute Gasteiger partial charge is 0.497 e. The number of carbonyl (C=O) groups is 1. The quantitative estimate of drug-likeness (QED) is 0.166. The number of carbonyl (C=O) groups excluding carboxylic acids is 1. The lowest BCUT2D eigenvalue weighted by Crippen LogP contribution is -2.40. The van der Waals surface area contributed by atoms with Crippen LogP contribution in [0.3, 0.4) is 0 Å². The Morgan fingerprint density at radius 3 is 2.57 bits per heavy atom. The Morgan fingerprint density at radius 2 is 1.83 bits per heavy atom. The molecular weight excluding hydrogens is 622 g/mol. The number of rotatable bonds is 10. The maximum absolute atomic E-state index is 14.4. The van der Waals surface area contributed by atoms with Gasteiger partial charge in [-0.05, 0) is 55.3 Å². The molecule has 3 heterocycles. The van der Waals surface area contributed by atoms with Crippen LogP contribution in [0.25, 0.3) is 17.0 Å². The van der Waals surface area contributed by atoms with E-state index in [9.17, 15) is 9.59 Å². The number of aromatic nitrogens is 2. The van der Waals surface area contributed by atoms with Gasteiger partial charge in [0.1, 0.15) is 17.5 Å². The number of benzene rings is 3. The molecule has 3 aromatic carbocycles. The third-order valence-corrected chi connectivity index (χ3v) is 9.38. The van der Waals surface area contributed by atoms with Crippen LogP contribution in [0.2, 0.25) is 5.02 Å². The van der Waals surface area contributed by atoms with Crippen molar-refractivity contribution in [3.63, 3.8) is 0 Å². The second-order valence-corrected chi connectivity index (χ2v) is 12.3. The Kier molecular flexibility index (Phi) is 9.15. The molecule has 0 N–H and O–H groups in total. The first-order valence-corrected chi connectivity index (χ1v) is 16.3. The van der Waals surface area contributed by atoms with Crippen LogP contribution in [0.5, 0.6) is 11.5 Å². The molecule has 1 aliphatic heterocycles. The number of halogens is 1. The molecule has 0 amide bonds. The second kappa shape index (κ2) is 13.4. The van der Waals surface area contributed by atoms with E-state index in [1.807, 2.05) is 61.7 Å². The molecule has 0 spiro atoms. The van der Waals surface area contributed by atoms with Gasteiger partial charge in [-0.1, -0.05) is 72.7 Å². The van der Waals surface area contributed by atoms with E-state index in [0.717, 1.165) is 28.5 Å². The summed E-state index contributed by atoms with van der Waals surface area (Å²) in [6, 6.07) is 20.4. The molecule has 5 aromatic rings. The van der Waals surface area contributed by atoms with Crippen LogP contribution in [-0.2, 0) is 16.1 Å². The summed E-state index contributed by atoms with van der Waals surface area (Å²) in [7, 11) is 3.14. The minimum Gasteiger partial charge on any atom is -0.497 e. The normalized spacial score (nSPS) is 14.7. The maximum Gasteiger partial charge on any atom is 0.338 e. The third-order valence-electron chi connectivity index (χ3n) is 8.03. The minimum atomic E-state index is -0.828. The van der Waals surface area contributed by atoms with Gasteiger partial charge in [0.05, 0.1) is 36.6 Å². The summed E-state index contributed by atoms with van der Waals surface area (Å²) >= 11 is 7.80. The standard InChI is InChI=1S/C36H34ClN3O5S/c1-5-11-28-32(35(42)45-6-2)33(26-19-24(43-3)16-17-30(26)44-4)40-34(41)31(46-36(40)38-28)18-23-21-39(29-15-10-8-13-25(23)29)20-22-12-7-9-14-27(22)37/h7-10,12-19,21,33H,5-6,11,20H2,1-4H3/b31-18-/t33-/m0/s1. The zero-order valence-corrected chi connectivity index (χ0v) is 27.7. The minimum absolute atomic E-state index is 0.187. The van der Waals surface area contributed by atoms with Crippen LogP contribution in [0.15, 0.2) is 94.0 Å². The molecule has 0 fully saturated rings.